The average molecular weight is 356 g/mol. The SMILES string of the molecule is O=C(Cn1cnc2c(cnn2-c2ccc(F)cc2)c1=O)N1CCNC1=O. The molecule has 3 aromatic rings. The Hall–Kier alpha value is -3.56. The van der Waals surface area contributed by atoms with Crippen molar-refractivity contribution in [2.24, 2.45) is 0 Å². The van der Waals surface area contributed by atoms with E-state index in [1.807, 2.05) is 0 Å². The number of carbonyl (C=O) groups is 2. The summed E-state index contributed by atoms with van der Waals surface area (Å²) in [6, 6.07) is 5.13. The van der Waals surface area contributed by atoms with Crippen LogP contribution in [0.4, 0.5) is 9.18 Å². The number of imide groups is 1. The number of nitrogens with zero attached hydrogens (tertiary/aromatic N) is 5. The lowest BCUT2D eigenvalue weighted by Crippen LogP contribution is -2.38. The third-order valence-electron chi connectivity index (χ3n) is 4.09. The van der Waals surface area contributed by atoms with E-state index in [9.17, 15) is 18.8 Å². The molecule has 1 N–H and O–H groups in total. The van der Waals surface area contributed by atoms with E-state index in [4.69, 9.17) is 0 Å². The molecule has 0 bridgehead atoms. The van der Waals surface area contributed by atoms with Gasteiger partial charge in [-0.2, -0.15) is 5.10 Å². The van der Waals surface area contributed by atoms with Crippen molar-refractivity contribution in [2.75, 3.05) is 13.1 Å². The van der Waals surface area contributed by atoms with Gasteiger partial charge in [0.2, 0.25) is 0 Å². The molecule has 0 saturated carbocycles. The van der Waals surface area contributed by atoms with Crippen LogP contribution in [-0.4, -0.2) is 49.3 Å². The van der Waals surface area contributed by atoms with Gasteiger partial charge in [0.25, 0.3) is 11.5 Å². The highest BCUT2D eigenvalue weighted by atomic mass is 19.1. The number of hydrogen-bond donors (Lipinski definition) is 1. The van der Waals surface area contributed by atoms with Gasteiger partial charge < -0.3 is 5.32 Å². The van der Waals surface area contributed by atoms with Crippen molar-refractivity contribution < 1.29 is 14.0 Å². The van der Waals surface area contributed by atoms with E-state index in [1.165, 1.54) is 41.5 Å². The minimum absolute atomic E-state index is 0.218. The van der Waals surface area contributed by atoms with Crippen LogP contribution < -0.4 is 10.9 Å². The molecule has 26 heavy (non-hydrogen) atoms. The summed E-state index contributed by atoms with van der Waals surface area (Å²) < 4.78 is 15.6. The van der Waals surface area contributed by atoms with E-state index >= 15 is 0 Å². The van der Waals surface area contributed by atoms with Crippen molar-refractivity contribution in [2.45, 2.75) is 6.54 Å². The molecule has 3 heterocycles. The number of aromatic nitrogens is 4. The molecule has 0 atom stereocenters. The topological polar surface area (TPSA) is 102 Å². The first-order valence-corrected chi connectivity index (χ1v) is 7.82. The lowest BCUT2D eigenvalue weighted by atomic mass is 10.3. The molecule has 4 rings (SSSR count). The van der Waals surface area contributed by atoms with Gasteiger partial charge in [0.1, 0.15) is 24.1 Å². The molecule has 3 amide bonds. The van der Waals surface area contributed by atoms with Crippen LogP contribution in [0.2, 0.25) is 0 Å². The molecule has 1 aliphatic rings. The van der Waals surface area contributed by atoms with E-state index < -0.39 is 17.5 Å². The lowest BCUT2D eigenvalue weighted by molar-refractivity contribution is -0.128. The summed E-state index contributed by atoms with van der Waals surface area (Å²) in [6.45, 7) is 0.364. The van der Waals surface area contributed by atoms with Gasteiger partial charge in [-0.3, -0.25) is 19.1 Å². The van der Waals surface area contributed by atoms with Gasteiger partial charge in [-0.15, -0.1) is 0 Å². The molecule has 2 aromatic heterocycles. The van der Waals surface area contributed by atoms with Crippen molar-refractivity contribution in [1.82, 2.24) is 29.5 Å². The van der Waals surface area contributed by atoms with E-state index in [-0.39, 0.29) is 24.3 Å². The zero-order valence-corrected chi connectivity index (χ0v) is 13.4. The number of amides is 3. The summed E-state index contributed by atoms with van der Waals surface area (Å²) in [6.07, 6.45) is 2.58. The molecule has 1 aromatic carbocycles. The highest BCUT2D eigenvalue weighted by molar-refractivity contribution is 5.95. The van der Waals surface area contributed by atoms with Gasteiger partial charge in [-0.1, -0.05) is 0 Å². The fourth-order valence-electron chi connectivity index (χ4n) is 2.77. The number of halogens is 1. The van der Waals surface area contributed by atoms with Gasteiger partial charge in [0.05, 0.1) is 11.9 Å². The van der Waals surface area contributed by atoms with Gasteiger partial charge >= 0.3 is 6.03 Å². The van der Waals surface area contributed by atoms with Crippen LogP contribution in [0.1, 0.15) is 0 Å². The number of rotatable bonds is 3. The maximum atomic E-state index is 13.1. The van der Waals surface area contributed by atoms with Crippen LogP contribution in [0, 0.1) is 5.82 Å². The number of urea groups is 1. The van der Waals surface area contributed by atoms with Crippen molar-refractivity contribution in [3.63, 3.8) is 0 Å². The maximum absolute atomic E-state index is 13.1. The van der Waals surface area contributed by atoms with Crippen molar-refractivity contribution in [1.29, 1.82) is 0 Å². The molecule has 9 nitrogen and oxygen atoms in total. The average Bonchev–Trinajstić information content (AvgIpc) is 3.25. The first-order chi connectivity index (χ1) is 12.5. The van der Waals surface area contributed by atoms with Crippen molar-refractivity contribution in [3.8, 4) is 5.69 Å². The van der Waals surface area contributed by atoms with E-state index in [2.05, 4.69) is 15.4 Å². The molecule has 0 unspecified atom stereocenters. The summed E-state index contributed by atoms with van der Waals surface area (Å²) in [7, 11) is 0. The zero-order valence-electron chi connectivity index (χ0n) is 13.4. The summed E-state index contributed by atoms with van der Waals surface area (Å²) in [4.78, 5) is 41.6. The monoisotopic (exact) mass is 356 g/mol. The molecule has 1 fully saturated rings. The highest BCUT2D eigenvalue weighted by Crippen LogP contribution is 2.14. The number of carbonyl (C=O) groups excluding carboxylic acids is 2. The minimum Gasteiger partial charge on any atom is -0.336 e. The third-order valence-corrected chi connectivity index (χ3v) is 4.09. The highest BCUT2D eigenvalue weighted by Gasteiger charge is 2.26. The van der Waals surface area contributed by atoms with Crippen LogP contribution in [-0.2, 0) is 11.3 Å². The Balaban J connectivity index is 1.68. The maximum Gasteiger partial charge on any atom is 0.324 e. The minimum atomic E-state index is -0.492. The molecular formula is C16H13FN6O3. The summed E-state index contributed by atoms with van der Waals surface area (Å²) >= 11 is 0. The second-order valence-corrected chi connectivity index (χ2v) is 5.73. The van der Waals surface area contributed by atoms with Crippen LogP contribution in [0.25, 0.3) is 16.7 Å². The Bertz CT molecular complexity index is 1070. The Kier molecular flexibility index (Phi) is 3.72. The van der Waals surface area contributed by atoms with E-state index in [0.717, 1.165) is 9.47 Å². The van der Waals surface area contributed by atoms with Crippen LogP contribution >= 0.6 is 0 Å². The van der Waals surface area contributed by atoms with Crippen molar-refractivity contribution in [3.05, 3.63) is 53.0 Å². The normalized spacial score (nSPS) is 14.0. The molecule has 10 heteroatoms. The predicted octanol–water partition coefficient (Wildman–Crippen LogP) is 0.273. The fraction of sp³-hybridized carbons (Fsp3) is 0.188. The lowest BCUT2D eigenvalue weighted by Gasteiger charge is -2.12. The van der Waals surface area contributed by atoms with Crippen molar-refractivity contribution >= 4 is 23.0 Å². The Labute approximate surface area is 145 Å². The molecular weight excluding hydrogens is 343 g/mol. The molecule has 1 aliphatic heterocycles. The predicted molar refractivity (Wildman–Crippen MR) is 88.2 cm³/mol. The Morgan fingerprint density at radius 3 is 2.69 bits per heavy atom. The zero-order chi connectivity index (χ0) is 18.3. The number of hydrogen-bond acceptors (Lipinski definition) is 5. The van der Waals surface area contributed by atoms with Crippen LogP contribution in [0.3, 0.4) is 0 Å². The molecule has 1 saturated heterocycles. The van der Waals surface area contributed by atoms with Gasteiger partial charge in [-0.25, -0.2) is 18.9 Å². The first-order valence-electron chi connectivity index (χ1n) is 7.82. The Morgan fingerprint density at radius 2 is 2.00 bits per heavy atom. The quantitative estimate of drug-likeness (QED) is 0.726. The molecule has 0 spiro atoms. The van der Waals surface area contributed by atoms with Gasteiger partial charge in [-0.05, 0) is 24.3 Å². The standard InChI is InChI=1S/C16H13FN6O3/c17-10-1-3-11(4-2-10)23-14-12(7-20-23)15(25)21(9-19-14)8-13(24)22-6-5-18-16(22)26/h1-4,7,9H,5-6,8H2,(H,18,26). The first kappa shape index (κ1) is 15.9. The number of fused-ring (bicyclic) bond motifs is 1. The summed E-state index contributed by atoms with van der Waals surface area (Å²) in [5.41, 5.74) is 0.399. The second-order valence-electron chi connectivity index (χ2n) is 5.73. The third kappa shape index (κ3) is 2.61. The van der Waals surface area contributed by atoms with Crippen LogP contribution in [0.5, 0.6) is 0 Å². The van der Waals surface area contributed by atoms with E-state index in [0.29, 0.717) is 17.9 Å². The fourth-order valence-corrected chi connectivity index (χ4v) is 2.77. The van der Waals surface area contributed by atoms with E-state index in [1.54, 1.807) is 0 Å². The molecule has 0 aliphatic carbocycles. The molecule has 0 radical (unpaired) electrons. The second kappa shape index (κ2) is 6.06. The molecule has 132 valence electrons. The number of nitrogens with one attached hydrogen (secondary N) is 1. The van der Waals surface area contributed by atoms with Gasteiger partial charge in [0.15, 0.2) is 5.65 Å². The largest absolute Gasteiger partial charge is 0.336 e. The number of benzene rings is 1. The van der Waals surface area contributed by atoms with Gasteiger partial charge in [0, 0.05) is 13.1 Å². The smallest absolute Gasteiger partial charge is 0.324 e. The summed E-state index contributed by atoms with van der Waals surface area (Å²) in [5, 5.41) is 6.87. The summed E-state index contributed by atoms with van der Waals surface area (Å²) in [5.74, 6) is -0.876. The Morgan fingerprint density at radius 1 is 1.23 bits per heavy atom. The van der Waals surface area contributed by atoms with Crippen LogP contribution in [0.15, 0.2) is 41.6 Å².